The van der Waals surface area contributed by atoms with E-state index in [1.165, 1.54) is 17.4 Å². The molecule has 2 rings (SSSR count). The van der Waals surface area contributed by atoms with Crippen molar-refractivity contribution in [1.29, 1.82) is 0 Å². The molecule has 1 aromatic heterocycles. The largest absolute Gasteiger partial charge is 0.387 e. The van der Waals surface area contributed by atoms with Crippen LogP contribution in [0.5, 0.6) is 0 Å². The lowest BCUT2D eigenvalue weighted by Crippen LogP contribution is -2.17. The van der Waals surface area contributed by atoms with E-state index < -0.39 is 16.1 Å². The predicted octanol–water partition coefficient (Wildman–Crippen LogP) is 1.54. The third kappa shape index (κ3) is 3.54. The topological polar surface area (TPSA) is 92.4 Å². The first-order valence-electron chi connectivity index (χ1n) is 5.54. The minimum Gasteiger partial charge on any atom is -0.387 e. The third-order valence-corrected chi connectivity index (χ3v) is 4.28. The van der Waals surface area contributed by atoms with Crippen molar-refractivity contribution in [3.05, 3.63) is 46.7 Å². The van der Waals surface area contributed by atoms with Crippen LogP contribution in [-0.2, 0) is 10.0 Å². The van der Waals surface area contributed by atoms with Crippen molar-refractivity contribution >= 4 is 27.0 Å². The van der Waals surface area contributed by atoms with E-state index in [9.17, 15) is 13.5 Å². The van der Waals surface area contributed by atoms with E-state index in [-0.39, 0.29) is 11.4 Å². The monoisotopic (exact) mass is 298 g/mol. The molecule has 0 saturated carbocycles. The SMILES string of the molecule is NS(=O)(=O)c1ccccc1NCC(O)c1ccsc1. The molecule has 19 heavy (non-hydrogen) atoms. The number of hydrogen-bond acceptors (Lipinski definition) is 5. The van der Waals surface area contributed by atoms with E-state index >= 15 is 0 Å². The van der Waals surface area contributed by atoms with Gasteiger partial charge in [-0.25, -0.2) is 13.6 Å². The molecular weight excluding hydrogens is 284 g/mol. The molecular formula is C12H14N2O3S2. The summed E-state index contributed by atoms with van der Waals surface area (Å²) in [7, 11) is -3.78. The highest BCUT2D eigenvalue weighted by Gasteiger charge is 2.14. The van der Waals surface area contributed by atoms with Crippen LogP contribution in [0.1, 0.15) is 11.7 Å². The van der Waals surface area contributed by atoms with E-state index in [1.807, 2.05) is 16.8 Å². The second-order valence-electron chi connectivity index (χ2n) is 3.99. The lowest BCUT2D eigenvalue weighted by Gasteiger charge is -2.13. The first-order chi connectivity index (χ1) is 8.98. The van der Waals surface area contributed by atoms with Crippen LogP contribution in [0.25, 0.3) is 0 Å². The van der Waals surface area contributed by atoms with Crippen molar-refractivity contribution in [3.8, 4) is 0 Å². The Morgan fingerprint density at radius 2 is 2.05 bits per heavy atom. The molecule has 0 aliphatic rings. The highest BCUT2D eigenvalue weighted by Crippen LogP contribution is 2.21. The zero-order chi connectivity index (χ0) is 13.9. The summed E-state index contributed by atoms with van der Waals surface area (Å²) in [6, 6.07) is 8.16. The Kier molecular flexibility index (Phi) is 4.20. The molecule has 5 nitrogen and oxygen atoms in total. The van der Waals surface area contributed by atoms with Crippen LogP contribution in [0, 0.1) is 0 Å². The van der Waals surface area contributed by atoms with Gasteiger partial charge in [-0.1, -0.05) is 12.1 Å². The normalized spacial score (nSPS) is 13.2. The summed E-state index contributed by atoms with van der Waals surface area (Å²) in [5.74, 6) is 0. The number of nitrogens with one attached hydrogen (secondary N) is 1. The number of thiophene rings is 1. The van der Waals surface area contributed by atoms with Crippen LogP contribution in [0.2, 0.25) is 0 Å². The molecule has 4 N–H and O–H groups in total. The summed E-state index contributed by atoms with van der Waals surface area (Å²) in [6.45, 7) is 0.212. The number of aliphatic hydroxyl groups is 1. The molecule has 1 aromatic carbocycles. The van der Waals surface area contributed by atoms with Crippen molar-refractivity contribution in [2.45, 2.75) is 11.0 Å². The second kappa shape index (κ2) is 5.70. The van der Waals surface area contributed by atoms with Gasteiger partial charge in [0.05, 0.1) is 11.8 Å². The lowest BCUT2D eigenvalue weighted by molar-refractivity contribution is 0.192. The van der Waals surface area contributed by atoms with Crippen molar-refractivity contribution < 1.29 is 13.5 Å². The average Bonchev–Trinajstić information content (AvgIpc) is 2.89. The quantitative estimate of drug-likeness (QED) is 0.780. The second-order valence-corrected chi connectivity index (χ2v) is 6.30. The minimum atomic E-state index is -3.78. The number of hydrogen-bond donors (Lipinski definition) is 3. The highest BCUT2D eigenvalue weighted by atomic mass is 32.2. The van der Waals surface area contributed by atoms with Gasteiger partial charge in [-0.05, 0) is 34.5 Å². The van der Waals surface area contributed by atoms with Crippen LogP contribution in [0.4, 0.5) is 5.69 Å². The van der Waals surface area contributed by atoms with Gasteiger partial charge in [-0.3, -0.25) is 0 Å². The number of aliphatic hydroxyl groups excluding tert-OH is 1. The fourth-order valence-electron chi connectivity index (χ4n) is 1.65. The minimum absolute atomic E-state index is 0.0209. The van der Waals surface area contributed by atoms with Crippen LogP contribution in [0.15, 0.2) is 46.0 Å². The maximum atomic E-state index is 11.4. The summed E-state index contributed by atoms with van der Waals surface area (Å²) < 4.78 is 22.8. The van der Waals surface area contributed by atoms with Gasteiger partial charge < -0.3 is 10.4 Å². The van der Waals surface area contributed by atoms with Crippen LogP contribution < -0.4 is 10.5 Å². The Hall–Kier alpha value is -1.41. The van der Waals surface area contributed by atoms with Gasteiger partial charge in [-0.2, -0.15) is 11.3 Å². The Bertz CT molecular complexity index is 639. The third-order valence-electron chi connectivity index (χ3n) is 2.61. The van der Waals surface area contributed by atoms with Crippen molar-refractivity contribution in [3.63, 3.8) is 0 Å². The number of anilines is 1. The maximum Gasteiger partial charge on any atom is 0.240 e. The smallest absolute Gasteiger partial charge is 0.240 e. The van der Waals surface area contributed by atoms with Gasteiger partial charge in [0.25, 0.3) is 0 Å². The predicted molar refractivity (Wildman–Crippen MR) is 75.6 cm³/mol. The van der Waals surface area contributed by atoms with Crippen molar-refractivity contribution in [1.82, 2.24) is 0 Å². The highest BCUT2D eigenvalue weighted by molar-refractivity contribution is 7.89. The number of para-hydroxylation sites is 1. The number of primary sulfonamides is 1. The number of nitrogens with two attached hydrogens (primary N) is 1. The Labute approximate surface area is 115 Å². The summed E-state index contributed by atoms with van der Waals surface area (Å²) in [4.78, 5) is 0.0209. The first-order valence-corrected chi connectivity index (χ1v) is 8.03. The number of sulfonamides is 1. The van der Waals surface area contributed by atoms with Gasteiger partial charge in [0.15, 0.2) is 0 Å². The van der Waals surface area contributed by atoms with Crippen molar-refractivity contribution in [2.75, 3.05) is 11.9 Å². The Morgan fingerprint density at radius 3 is 2.68 bits per heavy atom. The molecule has 0 radical (unpaired) electrons. The first kappa shape index (κ1) is 14.0. The molecule has 0 fully saturated rings. The maximum absolute atomic E-state index is 11.4. The van der Waals surface area contributed by atoms with Crippen LogP contribution in [-0.4, -0.2) is 20.1 Å². The molecule has 0 amide bonds. The molecule has 7 heteroatoms. The van der Waals surface area contributed by atoms with Crippen LogP contribution >= 0.6 is 11.3 Å². The molecule has 1 atom stereocenters. The van der Waals surface area contributed by atoms with Gasteiger partial charge in [0, 0.05) is 6.54 Å². The summed E-state index contributed by atoms with van der Waals surface area (Å²) in [5, 5.41) is 21.7. The molecule has 1 unspecified atom stereocenters. The van der Waals surface area contributed by atoms with Crippen molar-refractivity contribution in [2.24, 2.45) is 5.14 Å². The fourth-order valence-corrected chi connectivity index (χ4v) is 3.07. The van der Waals surface area contributed by atoms with E-state index in [4.69, 9.17) is 5.14 Å². The zero-order valence-electron chi connectivity index (χ0n) is 9.98. The molecule has 0 spiro atoms. The molecule has 0 bridgehead atoms. The summed E-state index contributed by atoms with van der Waals surface area (Å²) >= 11 is 1.49. The summed E-state index contributed by atoms with van der Waals surface area (Å²) in [5.41, 5.74) is 1.19. The number of rotatable bonds is 5. The molecule has 0 aliphatic heterocycles. The average molecular weight is 298 g/mol. The molecule has 0 aliphatic carbocycles. The molecule has 102 valence electrons. The Balaban J connectivity index is 2.12. The van der Waals surface area contributed by atoms with Crippen LogP contribution in [0.3, 0.4) is 0 Å². The molecule has 1 heterocycles. The standard InChI is InChI=1S/C12H14N2O3S2/c13-19(16,17)12-4-2-1-3-10(12)14-7-11(15)9-5-6-18-8-9/h1-6,8,11,14-15H,7H2,(H2,13,16,17). The Morgan fingerprint density at radius 1 is 1.32 bits per heavy atom. The van der Waals surface area contributed by atoms with E-state index in [1.54, 1.807) is 18.2 Å². The van der Waals surface area contributed by atoms with Gasteiger partial charge in [0.1, 0.15) is 4.90 Å². The van der Waals surface area contributed by atoms with Gasteiger partial charge in [-0.15, -0.1) is 0 Å². The lowest BCUT2D eigenvalue weighted by atomic mass is 10.2. The van der Waals surface area contributed by atoms with E-state index in [0.717, 1.165) is 5.56 Å². The van der Waals surface area contributed by atoms with E-state index in [2.05, 4.69) is 5.32 Å². The number of benzene rings is 1. The molecule has 2 aromatic rings. The zero-order valence-corrected chi connectivity index (χ0v) is 11.6. The summed E-state index contributed by atoms with van der Waals surface area (Å²) in [6.07, 6.45) is -0.695. The van der Waals surface area contributed by atoms with Gasteiger partial charge in [0.2, 0.25) is 10.0 Å². The van der Waals surface area contributed by atoms with E-state index in [0.29, 0.717) is 5.69 Å². The van der Waals surface area contributed by atoms with Gasteiger partial charge >= 0.3 is 0 Å². The fraction of sp³-hybridized carbons (Fsp3) is 0.167. The molecule has 0 saturated heterocycles.